The number of aromatic nitrogens is 2. The summed E-state index contributed by atoms with van der Waals surface area (Å²) in [6.45, 7) is 3.97. The lowest BCUT2D eigenvalue weighted by molar-refractivity contribution is -0.115. The number of amides is 2. The maximum atomic E-state index is 12.2. The Hall–Kier alpha value is -3.41. The van der Waals surface area contributed by atoms with Gasteiger partial charge < -0.3 is 15.2 Å². The Balaban J connectivity index is 1.59. The maximum Gasteiger partial charge on any atom is 0.251 e. The van der Waals surface area contributed by atoms with Crippen LogP contribution in [0.25, 0.3) is 5.69 Å². The fraction of sp³-hybridized carbons (Fsp3) is 0.150. The van der Waals surface area contributed by atoms with Gasteiger partial charge in [0.2, 0.25) is 5.91 Å². The van der Waals surface area contributed by atoms with Crippen molar-refractivity contribution in [3.63, 3.8) is 0 Å². The zero-order chi connectivity index (χ0) is 18.5. The van der Waals surface area contributed by atoms with Crippen LogP contribution in [-0.2, 0) is 4.79 Å². The molecule has 2 heterocycles. The van der Waals surface area contributed by atoms with Gasteiger partial charge >= 0.3 is 0 Å². The SMILES string of the molecule is Cc1ccc(C)n1-c1ccc(C(=O)NCC(=O)Nc2cccnc2)cc1. The van der Waals surface area contributed by atoms with Crippen LogP contribution < -0.4 is 10.6 Å². The molecule has 0 aliphatic heterocycles. The van der Waals surface area contributed by atoms with E-state index in [2.05, 4.69) is 32.3 Å². The minimum Gasteiger partial charge on any atom is -0.343 e. The predicted octanol–water partition coefficient (Wildman–Crippen LogP) is 2.86. The van der Waals surface area contributed by atoms with E-state index in [1.165, 1.54) is 0 Å². The standard InChI is InChI=1S/C20H20N4O2/c1-14-5-6-15(2)24(14)18-9-7-16(8-10-18)20(26)22-13-19(25)23-17-4-3-11-21-12-17/h3-12H,13H2,1-2H3,(H,22,26)(H,23,25). The number of carbonyl (C=O) groups is 2. The van der Waals surface area contributed by atoms with Crippen LogP contribution in [0.2, 0.25) is 0 Å². The number of rotatable bonds is 5. The van der Waals surface area contributed by atoms with Crippen LogP contribution in [0, 0.1) is 13.8 Å². The van der Waals surface area contributed by atoms with Crippen molar-refractivity contribution in [2.24, 2.45) is 0 Å². The summed E-state index contributed by atoms with van der Waals surface area (Å²) in [7, 11) is 0. The number of nitrogens with one attached hydrogen (secondary N) is 2. The smallest absolute Gasteiger partial charge is 0.251 e. The number of hydrogen-bond acceptors (Lipinski definition) is 3. The second-order valence-corrected chi connectivity index (χ2v) is 5.97. The van der Waals surface area contributed by atoms with Crippen molar-refractivity contribution in [1.29, 1.82) is 0 Å². The Labute approximate surface area is 151 Å². The molecule has 1 aromatic carbocycles. The van der Waals surface area contributed by atoms with E-state index in [1.54, 1.807) is 36.7 Å². The van der Waals surface area contributed by atoms with E-state index in [1.807, 2.05) is 26.0 Å². The fourth-order valence-corrected chi connectivity index (χ4v) is 2.74. The van der Waals surface area contributed by atoms with E-state index < -0.39 is 0 Å². The minimum atomic E-state index is -0.304. The molecule has 0 fully saturated rings. The predicted molar refractivity (Wildman–Crippen MR) is 100 cm³/mol. The molecule has 0 aliphatic rings. The van der Waals surface area contributed by atoms with Crippen molar-refractivity contribution in [3.8, 4) is 5.69 Å². The molecule has 0 aliphatic carbocycles. The molecular weight excluding hydrogens is 328 g/mol. The van der Waals surface area contributed by atoms with Crippen LogP contribution in [0.4, 0.5) is 5.69 Å². The van der Waals surface area contributed by atoms with Crippen LogP contribution in [0.15, 0.2) is 60.9 Å². The highest BCUT2D eigenvalue weighted by molar-refractivity contribution is 5.99. The molecule has 0 atom stereocenters. The van der Waals surface area contributed by atoms with Gasteiger partial charge in [0.1, 0.15) is 0 Å². The summed E-state index contributed by atoms with van der Waals surface area (Å²) >= 11 is 0. The average molecular weight is 348 g/mol. The second-order valence-electron chi connectivity index (χ2n) is 5.97. The minimum absolute atomic E-state index is 0.106. The highest BCUT2D eigenvalue weighted by Gasteiger charge is 2.10. The first-order valence-corrected chi connectivity index (χ1v) is 8.28. The highest BCUT2D eigenvalue weighted by atomic mass is 16.2. The van der Waals surface area contributed by atoms with Crippen LogP contribution in [0.5, 0.6) is 0 Å². The van der Waals surface area contributed by atoms with E-state index in [0.29, 0.717) is 11.3 Å². The van der Waals surface area contributed by atoms with Crippen molar-refractivity contribution < 1.29 is 9.59 Å². The van der Waals surface area contributed by atoms with Crippen LogP contribution in [-0.4, -0.2) is 27.9 Å². The molecule has 0 radical (unpaired) electrons. The Morgan fingerprint density at radius 1 is 1.00 bits per heavy atom. The molecule has 0 bridgehead atoms. The Bertz CT molecular complexity index is 895. The zero-order valence-electron chi connectivity index (χ0n) is 14.7. The van der Waals surface area contributed by atoms with Gasteiger partial charge in [0.15, 0.2) is 0 Å². The number of carbonyl (C=O) groups excluding carboxylic acids is 2. The lowest BCUT2D eigenvalue weighted by Crippen LogP contribution is -2.32. The molecule has 6 heteroatoms. The van der Waals surface area contributed by atoms with Gasteiger partial charge in [-0.15, -0.1) is 0 Å². The van der Waals surface area contributed by atoms with Crippen molar-refractivity contribution >= 4 is 17.5 Å². The van der Waals surface area contributed by atoms with Crippen molar-refractivity contribution in [2.75, 3.05) is 11.9 Å². The molecular formula is C20H20N4O2. The van der Waals surface area contributed by atoms with Gasteiger partial charge in [0.25, 0.3) is 5.91 Å². The molecule has 0 saturated carbocycles. The van der Waals surface area contributed by atoms with E-state index in [9.17, 15) is 9.59 Å². The summed E-state index contributed by atoms with van der Waals surface area (Å²) in [5, 5.41) is 5.29. The summed E-state index contributed by atoms with van der Waals surface area (Å²) in [6.07, 6.45) is 3.17. The number of benzene rings is 1. The fourth-order valence-electron chi connectivity index (χ4n) is 2.74. The third kappa shape index (κ3) is 3.97. The highest BCUT2D eigenvalue weighted by Crippen LogP contribution is 2.16. The molecule has 3 rings (SSSR count). The number of pyridine rings is 1. The number of hydrogen-bond donors (Lipinski definition) is 2. The molecule has 3 aromatic rings. The van der Waals surface area contributed by atoms with Crippen molar-refractivity contribution in [3.05, 3.63) is 77.9 Å². The Kier molecular flexibility index (Phi) is 5.12. The third-order valence-electron chi connectivity index (χ3n) is 4.01. The zero-order valence-corrected chi connectivity index (χ0v) is 14.7. The largest absolute Gasteiger partial charge is 0.343 e. The normalized spacial score (nSPS) is 10.4. The van der Waals surface area contributed by atoms with Crippen LogP contribution >= 0.6 is 0 Å². The number of nitrogens with zero attached hydrogens (tertiary/aromatic N) is 2. The number of anilines is 1. The van der Waals surface area contributed by atoms with E-state index in [-0.39, 0.29) is 18.4 Å². The van der Waals surface area contributed by atoms with E-state index in [4.69, 9.17) is 0 Å². The first-order chi connectivity index (χ1) is 12.5. The quantitative estimate of drug-likeness (QED) is 0.744. The van der Waals surface area contributed by atoms with Gasteiger partial charge in [0.05, 0.1) is 18.4 Å². The molecule has 0 unspecified atom stereocenters. The second kappa shape index (κ2) is 7.65. The molecule has 0 saturated heterocycles. The molecule has 2 N–H and O–H groups in total. The van der Waals surface area contributed by atoms with Gasteiger partial charge in [-0.25, -0.2) is 0 Å². The monoisotopic (exact) mass is 348 g/mol. The van der Waals surface area contributed by atoms with Crippen LogP contribution in [0.3, 0.4) is 0 Å². The summed E-state index contributed by atoms with van der Waals surface area (Å²) in [6, 6.07) is 14.9. The molecule has 0 spiro atoms. The molecule has 2 amide bonds. The van der Waals surface area contributed by atoms with E-state index >= 15 is 0 Å². The number of aryl methyl sites for hydroxylation is 2. The van der Waals surface area contributed by atoms with Gasteiger partial charge in [-0.2, -0.15) is 0 Å². The lowest BCUT2D eigenvalue weighted by Gasteiger charge is -2.10. The first-order valence-electron chi connectivity index (χ1n) is 8.28. The molecule has 26 heavy (non-hydrogen) atoms. The summed E-state index contributed by atoms with van der Waals surface area (Å²) in [4.78, 5) is 28.0. The summed E-state index contributed by atoms with van der Waals surface area (Å²) in [5.74, 6) is -0.597. The summed E-state index contributed by atoms with van der Waals surface area (Å²) < 4.78 is 2.11. The topological polar surface area (TPSA) is 76.0 Å². The van der Waals surface area contributed by atoms with Gasteiger partial charge in [-0.1, -0.05) is 0 Å². The maximum absolute atomic E-state index is 12.2. The van der Waals surface area contributed by atoms with E-state index in [0.717, 1.165) is 17.1 Å². The lowest BCUT2D eigenvalue weighted by atomic mass is 10.2. The van der Waals surface area contributed by atoms with Gasteiger partial charge in [-0.05, 0) is 62.4 Å². The van der Waals surface area contributed by atoms with Crippen molar-refractivity contribution in [2.45, 2.75) is 13.8 Å². The van der Waals surface area contributed by atoms with Crippen LogP contribution in [0.1, 0.15) is 21.7 Å². The Morgan fingerprint density at radius 3 is 2.31 bits per heavy atom. The van der Waals surface area contributed by atoms with Gasteiger partial charge in [0, 0.05) is 28.8 Å². The van der Waals surface area contributed by atoms with Gasteiger partial charge in [-0.3, -0.25) is 14.6 Å². The van der Waals surface area contributed by atoms with Crippen molar-refractivity contribution in [1.82, 2.24) is 14.9 Å². The average Bonchev–Trinajstić information content (AvgIpc) is 2.99. The molecule has 6 nitrogen and oxygen atoms in total. The Morgan fingerprint density at radius 2 is 1.69 bits per heavy atom. The first kappa shape index (κ1) is 17.4. The molecule has 132 valence electrons. The summed E-state index contributed by atoms with van der Waals surface area (Å²) in [5.41, 5.74) is 4.35. The third-order valence-corrected chi connectivity index (χ3v) is 4.01. The molecule has 2 aromatic heterocycles.